The Morgan fingerprint density at radius 3 is 2.88 bits per heavy atom. The Morgan fingerprint density at radius 1 is 1.40 bits per heavy atom. The molecule has 2 fully saturated rings. The molecule has 1 spiro atoms. The number of anilines is 1. The van der Waals surface area contributed by atoms with Gasteiger partial charge in [-0.15, -0.1) is 11.8 Å². The molecule has 132 valence electrons. The standard InChI is InChI=1S/C17H22N6OS/c1-10-9-23(2)22-14(10)15(24)19-11-6-17(7-11)8-12(17)20-16-18-5-4-13(21-16)25-3/h4-5,9,11-12H,6-8H2,1-3H3,(H,19,24)(H,18,20,21). The van der Waals surface area contributed by atoms with Gasteiger partial charge in [-0.1, -0.05) is 0 Å². The minimum absolute atomic E-state index is 0.0703. The minimum Gasteiger partial charge on any atom is -0.351 e. The van der Waals surface area contributed by atoms with Gasteiger partial charge in [0.15, 0.2) is 5.69 Å². The van der Waals surface area contributed by atoms with Crippen molar-refractivity contribution in [1.29, 1.82) is 0 Å². The van der Waals surface area contributed by atoms with Crippen molar-refractivity contribution in [2.45, 2.75) is 43.3 Å². The van der Waals surface area contributed by atoms with E-state index < -0.39 is 0 Å². The van der Waals surface area contributed by atoms with E-state index >= 15 is 0 Å². The molecule has 2 aromatic heterocycles. The molecule has 2 N–H and O–H groups in total. The number of amides is 1. The van der Waals surface area contributed by atoms with Crippen molar-refractivity contribution in [3.8, 4) is 0 Å². The largest absolute Gasteiger partial charge is 0.351 e. The van der Waals surface area contributed by atoms with Crippen LogP contribution in [0.25, 0.3) is 0 Å². The Morgan fingerprint density at radius 2 is 2.20 bits per heavy atom. The molecule has 0 saturated heterocycles. The number of rotatable bonds is 5. The molecular weight excluding hydrogens is 336 g/mol. The van der Waals surface area contributed by atoms with E-state index in [-0.39, 0.29) is 11.9 Å². The van der Waals surface area contributed by atoms with Gasteiger partial charge in [0.25, 0.3) is 5.91 Å². The van der Waals surface area contributed by atoms with E-state index in [9.17, 15) is 4.79 Å². The van der Waals surface area contributed by atoms with Crippen molar-refractivity contribution in [3.05, 3.63) is 29.7 Å². The number of aryl methyl sites for hydroxylation is 2. The van der Waals surface area contributed by atoms with Gasteiger partial charge in [-0.2, -0.15) is 5.10 Å². The van der Waals surface area contributed by atoms with Crippen LogP contribution in [0.2, 0.25) is 0 Å². The van der Waals surface area contributed by atoms with Crippen LogP contribution < -0.4 is 10.6 Å². The zero-order valence-electron chi connectivity index (χ0n) is 14.6. The van der Waals surface area contributed by atoms with Crippen LogP contribution in [0.15, 0.2) is 23.5 Å². The fraction of sp³-hybridized carbons (Fsp3) is 0.529. The maximum absolute atomic E-state index is 12.3. The van der Waals surface area contributed by atoms with Crippen LogP contribution >= 0.6 is 11.8 Å². The molecular formula is C17H22N6OS. The number of hydrogen-bond acceptors (Lipinski definition) is 6. The van der Waals surface area contributed by atoms with Crippen molar-refractivity contribution >= 4 is 23.6 Å². The van der Waals surface area contributed by atoms with Crippen molar-refractivity contribution in [2.75, 3.05) is 11.6 Å². The van der Waals surface area contributed by atoms with Crippen LogP contribution in [0.1, 0.15) is 35.3 Å². The summed E-state index contributed by atoms with van der Waals surface area (Å²) in [7, 11) is 1.83. The lowest BCUT2D eigenvalue weighted by atomic mass is 9.76. The third-order valence-electron chi connectivity index (χ3n) is 5.20. The van der Waals surface area contributed by atoms with Gasteiger partial charge in [0.2, 0.25) is 5.95 Å². The molecule has 0 bridgehead atoms. The molecule has 4 rings (SSSR count). The fourth-order valence-corrected chi connectivity index (χ4v) is 4.17. The monoisotopic (exact) mass is 358 g/mol. The first-order valence-corrected chi connectivity index (χ1v) is 9.66. The van der Waals surface area contributed by atoms with E-state index in [0.717, 1.165) is 29.9 Å². The van der Waals surface area contributed by atoms with Crippen LogP contribution in [0.3, 0.4) is 0 Å². The molecule has 2 saturated carbocycles. The summed E-state index contributed by atoms with van der Waals surface area (Å²) in [6, 6.07) is 2.56. The van der Waals surface area contributed by atoms with Gasteiger partial charge >= 0.3 is 0 Å². The van der Waals surface area contributed by atoms with Crippen molar-refractivity contribution < 1.29 is 4.79 Å². The van der Waals surface area contributed by atoms with Gasteiger partial charge < -0.3 is 10.6 Å². The number of nitrogens with zero attached hydrogens (tertiary/aromatic N) is 4. The summed E-state index contributed by atoms with van der Waals surface area (Å²) in [4.78, 5) is 21.1. The highest BCUT2D eigenvalue weighted by Crippen LogP contribution is 2.61. The Hall–Kier alpha value is -2.09. The number of nitrogens with one attached hydrogen (secondary N) is 2. The van der Waals surface area contributed by atoms with E-state index in [1.54, 1.807) is 22.6 Å². The van der Waals surface area contributed by atoms with Gasteiger partial charge in [0.05, 0.1) is 0 Å². The highest BCUT2D eigenvalue weighted by atomic mass is 32.2. The summed E-state index contributed by atoms with van der Waals surface area (Å²) in [5.74, 6) is 0.629. The molecule has 0 aliphatic heterocycles. The lowest BCUT2D eigenvalue weighted by molar-refractivity contribution is 0.0868. The molecule has 2 aromatic rings. The molecule has 0 radical (unpaired) electrons. The molecule has 0 aromatic carbocycles. The predicted octanol–water partition coefficient (Wildman–Crippen LogP) is 2.00. The van der Waals surface area contributed by atoms with Gasteiger partial charge in [-0.25, -0.2) is 9.97 Å². The molecule has 25 heavy (non-hydrogen) atoms. The predicted molar refractivity (Wildman–Crippen MR) is 96.7 cm³/mol. The zero-order chi connectivity index (χ0) is 17.6. The van der Waals surface area contributed by atoms with E-state index in [4.69, 9.17) is 0 Å². The van der Waals surface area contributed by atoms with Crippen LogP contribution in [-0.2, 0) is 7.05 Å². The second-order valence-electron chi connectivity index (χ2n) is 7.10. The SMILES string of the molecule is CSc1ccnc(NC2CC23CC(NC(=O)c2nn(C)cc2C)C3)n1. The number of thioether (sulfide) groups is 1. The van der Waals surface area contributed by atoms with Gasteiger partial charge in [-0.3, -0.25) is 9.48 Å². The van der Waals surface area contributed by atoms with Crippen LogP contribution in [0, 0.1) is 12.3 Å². The summed E-state index contributed by atoms with van der Waals surface area (Å²) in [6.45, 7) is 1.91. The Kier molecular flexibility index (Phi) is 3.94. The number of hydrogen-bond donors (Lipinski definition) is 2. The molecule has 2 heterocycles. The van der Waals surface area contributed by atoms with Gasteiger partial charge in [0.1, 0.15) is 5.03 Å². The number of aromatic nitrogens is 4. The first kappa shape index (κ1) is 16.4. The Bertz CT molecular complexity index is 813. The molecule has 1 amide bonds. The van der Waals surface area contributed by atoms with E-state index in [2.05, 4.69) is 25.7 Å². The summed E-state index contributed by atoms with van der Waals surface area (Å²) in [5, 5.41) is 11.7. The topological polar surface area (TPSA) is 84.7 Å². The van der Waals surface area contributed by atoms with Crippen molar-refractivity contribution in [3.63, 3.8) is 0 Å². The first-order chi connectivity index (χ1) is 12.0. The van der Waals surface area contributed by atoms with Crippen LogP contribution in [0.4, 0.5) is 5.95 Å². The zero-order valence-corrected chi connectivity index (χ0v) is 15.4. The highest BCUT2D eigenvalue weighted by molar-refractivity contribution is 7.98. The Labute approximate surface area is 151 Å². The average Bonchev–Trinajstić information content (AvgIpc) is 3.14. The fourth-order valence-electron chi connectivity index (χ4n) is 3.79. The quantitative estimate of drug-likeness (QED) is 0.628. The van der Waals surface area contributed by atoms with Crippen LogP contribution in [0.5, 0.6) is 0 Å². The third kappa shape index (κ3) is 3.10. The minimum atomic E-state index is -0.0703. The van der Waals surface area contributed by atoms with E-state index in [1.165, 1.54) is 0 Å². The average molecular weight is 358 g/mol. The first-order valence-electron chi connectivity index (χ1n) is 8.44. The molecule has 2 aliphatic carbocycles. The number of carbonyl (C=O) groups is 1. The maximum atomic E-state index is 12.3. The molecule has 8 heteroatoms. The van der Waals surface area contributed by atoms with Crippen molar-refractivity contribution in [1.82, 2.24) is 25.1 Å². The molecule has 2 aliphatic rings. The number of carbonyl (C=O) groups excluding carboxylic acids is 1. The van der Waals surface area contributed by atoms with E-state index in [1.807, 2.05) is 32.5 Å². The van der Waals surface area contributed by atoms with Crippen molar-refractivity contribution in [2.24, 2.45) is 12.5 Å². The summed E-state index contributed by atoms with van der Waals surface area (Å²) < 4.78 is 1.68. The lowest BCUT2D eigenvalue weighted by Crippen LogP contribution is -2.47. The molecule has 1 unspecified atom stereocenters. The summed E-state index contributed by atoms with van der Waals surface area (Å²) >= 11 is 1.61. The highest BCUT2D eigenvalue weighted by Gasteiger charge is 2.62. The van der Waals surface area contributed by atoms with Gasteiger partial charge in [-0.05, 0) is 43.9 Å². The van der Waals surface area contributed by atoms with Gasteiger partial charge in [0, 0.05) is 37.1 Å². The molecule has 7 nitrogen and oxygen atoms in total. The lowest BCUT2D eigenvalue weighted by Gasteiger charge is -2.37. The normalized spacial score (nSPS) is 27.0. The van der Waals surface area contributed by atoms with E-state index in [0.29, 0.717) is 23.1 Å². The third-order valence-corrected chi connectivity index (χ3v) is 5.85. The second kappa shape index (κ2) is 6.01. The molecule has 1 atom stereocenters. The summed E-state index contributed by atoms with van der Waals surface area (Å²) in [5.41, 5.74) is 1.73. The smallest absolute Gasteiger partial charge is 0.272 e. The summed E-state index contributed by atoms with van der Waals surface area (Å²) in [6.07, 6.45) is 8.78. The Balaban J connectivity index is 1.29. The maximum Gasteiger partial charge on any atom is 0.272 e. The van der Waals surface area contributed by atoms with Crippen LogP contribution in [-0.4, -0.2) is 44.0 Å². The second-order valence-corrected chi connectivity index (χ2v) is 7.93.